The van der Waals surface area contributed by atoms with Crippen molar-refractivity contribution >= 4 is 13.9 Å². The van der Waals surface area contributed by atoms with E-state index in [4.69, 9.17) is 0 Å². The predicted octanol–water partition coefficient (Wildman–Crippen LogP) is 4.66. The molecule has 0 aromatic rings. The van der Waals surface area contributed by atoms with E-state index >= 15 is 0 Å². The Morgan fingerprint density at radius 3 is 2.47 bits per heavy atom. The van der Waals surface area contributed by atoms with Crippen LogP contribution in [0.15, 0.2) is 22.9 Å². The van der Waals surface area contributed by atoms with Crippen LogP contribution in [-0.2, 0) is 4.79 Å². The molecule has 1 aliphatic carbocycles. The average Bonchev–Trinajstić information content (AvgIpc) is 2.59. The second-order valence-corrected chi connectivity index (χ2v) is 11.1. The van der Waals surface area contributed by atoms with Crippen molar-refractivity contribution in [2.75, 3.05) is 0 Å². The van der Waals surface area contributed by atoms with Crippen LogP contribution in [0.2, 0.25) is 19.6 Å². The molecule has 0 saturated carbocycles. The summed E-state index contributed by atoms with van der Waals surface area (Å²) in [7, 11) is -1.42. The molecule has 0 unspecified atom stereocenters. The Morgan fingerprint density at radius 1 is 1.24 bits per heavy atom. The number of carbonyl (C=O) groups excluding carboxylic acids is 1. The third kappa shape index (κ3) is 4.62. The molecule has 1 nitrogen and oxygen atoms in total. The Balaban J connectivity index is 2.49. The summed E-state index contributed by atoms with van der Waals surface area (Å²) in [5.74, 6) is 0.379. The highest BCUT2D eigenvalue weighted by atomic mass is 28.3. The number of rotatable bonds is 6. The van der Waals surface area contributed by atoms with Crippen LogP contribution >= 0.6 is 0 Å². The summed E-state index contributed by atoms with van der Waals surface area (Å²) < 4.78 is 0. The van der Waals surface area contributed by atoms with E-state index in [0.717, 1.165) is 11.6 Å². The number of unbranched alkanes of at least 4 members (excludes halogenated alkanes) is 4. The molecule has 96 valence electrons. The zero-order valence-corrected chi connectivity index (χ0v) is 12.8. The van der Waals surface area contributed by atoms with Crippen molar-refractivity contribution in [2.45, 2.75) is 65.1 Å². The summed E-state index contributed by atoms with van der Waals surface area (Å²) in [6.45, 7) is 8.99. The first kappa shape index (κ1) is 14.4. The summed E-state index contributed by atoms with van der Waals surface area (Å²) in [5.41, 5.74) is 1.27. The Labute approximate surface area is 107 Å². The fourth-order valence-electron chi connectivity index (χ4n) is 2.22. The average molecular weight is 250 g/mol. The van der Waals surface area contributed by atoms with Gasteiger partial charge in [0, 0.05) is 6.42 Å². The molecule has 1 rings (SSSR count). The molecule has 0 saturated heterocycles. The number of hydrogen-bond donors (Lipinski definition) is 0. The largest absolute Gasteiger partial charge is 0.295 e. The second-order valence-electron chi connectivity index (χ2n) is 6.04. The highest BCUT2D eigenvalue weighted by molar-refractivity contribution is 6.87. The van der Waals surface area contributed by atoms with Crippen LogP contribution in [0.1, 0.15) is 45.4 Å². The van der Waals surface area contributed by atoms with E-state index in [1.54, 1.807) is 0 Å². The lowest BCUT2D eigenvalue weighted by atomic mass is 10.1. The molecule has 0 heterocycles. The summed E-state index contributed by atoms with van der Waals surface area (Å²) in [5, 5.41) is 1.14. The third-order valence-electron chi connectivity index (χ3n) is 3.27. The highest BCUT2D eigenvalue weighted by Crippen LogP contribution is 2.28. The predicted molar refractivity (Wildman–Crippen MR) is 77.9 cm³/mol. The molecule has 1 aliphatic rings. The molecular weight excluding hydrogens is 224 g/mol. The lowest BCUT2D eigenvalue weighted by molar-refractivity contribution is -0.114. The van der Waals surface area contributed by atoms with Gasteiger partial charge in [0.2, 0.25) is 0 Å². The van der Waals surface area contributed by atoms with Gasteiger partial charge in [-0.05, 0) is 23.6 Å². The summed E-state index contributed by atoms with van der Waals surface area (Å²) >= 11 is 0. The van der Waals surface area contributed by atoms with Crippen molar-refractivity contribution in [1.82, 2.24) is 0 Å². The third-order valence-corrected chi connectivity index (χ3v) is 5.31. The van der Waals surface area contributed by atoms with E-state index < -0.39 is 8.07 Å². The Kier molecular flexibility index (Phi) is 5.38. The molecule has 0 N–H and O–H groups in total. The minimum absolute atomic E-state index is 0.379. The van der Waals surface area contributed by atoms with Crippen LogP contribution in [0, 0.1) is 0 Å². The number of carbonyl (C=O) groups is 1. The summed E-state index contributed by atoms with van der Waals surface area (Å²) in [6, 6.07) is 0. The van der Waals surface area contributed by atoms with Gasteiger partial charge in [-0.2, -0.15) is 0 Å². The Hall–Kier alpha value is -0.633. The standard InChI is InChI=1S/C15H26OSi/c1-5-6-7-8-9-10-13-11-14(16)15(12-13)17(2,3)4/h10,12H,5-9,11H2,1-4H3/b13-10+. The Morgan fingerprint density at radius 2 is 1.94 bits per heavy atom. The lowest BCUT2D eigenvalue weighted by Gasteiger charge is -2.15. The van der Waals surface area contributed by atoms with E-state index in [9.17, 15) is 4.79 Å². The molecule has 0 fully saturated rings. The van der Waals surface area contributed by atoms with E-state index in [1.165, 1.54) is 31.3 Å². The SMILES string of the molecule is CCCCCC/C=C1/C=C([Si](C)(C)C)C(=O)C1. The quantitative estimate of drug-likeness (QED) is 0.495. The second kappa shape index (κ2) is 6.34. The molecule has 0 aromatic carbocycles. The van der Waals surface area contributed by atoms with Gasteiger partial charge in [-0.25, -0.2) is 0 Å². The molecule has 0 spiro atoms. The zero-order chi connectivity index (χ0) is 12.9. The van der Waals surface area contributed by atoms with Gasteiger partial charge in [-0.1, -0.05) is 58.0 Å². The maximum Gasteiger partial charge on any atom is 0.159 e. The molecule has 0 amide bonds. The van der Waals surface area contributed by atoms with Crippen molar-refractivity contribution in [1.29, 1.82) is 0 Å². The van der Waals surface area contributed by atoms with Crippen LogP contribution in [0.5, 0.6) is 0 Å². The van der Waals surface area contributed by atoms with Gasteiger partial charge in [-0.3, -0.25) is 4.79 Å². The smallest absolute Gasteiger partial charge is 0.159 e. The summed E-state index contributed by atoms with van der Waals surface area (Å²) in [4.78, 5) is 11.9. The van der Waals surface area contributed by atoms with Crippen LogP contribution in [0.25, 0.3) is 0 Å². The minimum Gasteiger partial charge on any atom is -0.295 e. The van der Waals surface area contributed by atoms with Crippen LogP contribution in [-0.4, -0.2) is 13.9 Å². The molecule has 2 heteroatoms. The van der Waals surface area contributed by atoms with E-state index in [0.29, 0.717) is 12.2 Å². The first-order chi connectivity index (χ1) is 7.95. The molecule has 0 bridgehead atoms. The van der Waals surface area contributed by atoms with Crippen molar-refractivity contribution < 1.29 is 4.79 Å². The van der Waals surface area contributed by atoms with Crippen LogP contribution in [0.4, 0.5) is 0 Å². The lowest BCUT2D eigenvalue weighted by Crippen LogP contribution is -2.27. The number of hydrogen-bond acceptors (Lipinski definition) is 1. The maximum absolute atomic E-state index is 11.9. The molecule has 17 heavy (non-hydrogen) atoms. The fourth-order valence-corrected chi connectivity index (χ4v) is 3.77. The minimum atomic E-state index is -1.42. The normalized spacial score (nSPS) is 18.9. The van der Waals surface area contributed by atoms with Crippen molar-refractivity contribution in [3.05, 3.63) is 22.9 Å². The van der Waals surface area contributed by atoms with Crippen molar-refractivity contribution in [3.63, 3.8) is 0 Å². The van der Waals surface area contributed by atoms with E-state index in [1.807, 2.05) is 0 Å². The van der Waals surface area contributed by atoms with Crippen molar-refractivity contribution in [2.24, 2.45) is 0 Å². The van der Waals surface area contributed by atoms with Gasteiger partial charge in [0.15, 0.2) is 5.78 Å². The summed E-state index contributed by atoms with van der Waals surface area (Å²) in [6.07, 6.45) is 11.5. The molecule has 0 atom stereocenters. The zero-order valence-electron chi connectivity index (χ0n) is 11.8. The van der Waals surface area contributed by atoms with E-state index in [-0.39, 0.29) is 0 Å². The topological polar surface area (TPSA) is 17.1 Å². The van der Waals surface area contributed by atoms with Crippen LogP contribution in [0.3, 0.4) is 0 Å². The monoisotopic (exact) mass is 250 g/mol. The maximum atomic E-state index is 11.9. The van der Waals surface area contributed by atoms with Gasteiger partial charge < -0.3 is 0 Å². The van der Waals surface area contributed by atoms with Gasteiger partial charge in [-0.15, -0.1) is 0 Å². The molecule has 0 radical (unpaired) electrons. The van der Waals surface area contributed by atoms with Gasteiger partial charge in [0.05, 0.1) is 8.07 Å². The van der Waals surface area contributed by atoms with Gasteiger partial charge in [0.25, 0.3) is 0 Å². The van der Waals surface area contributed by atoms with Gasteiger partial charge >= 0.3 is 0 Å². The van der Waals surface area contributed by atoms with E-state index in [2.05, 4.69) is 38.7 Å². The number of ketones is 1. The van der Waals surface area contributed by atoms with Crippen LogP contribution < -0.4 is 0 Å². The number of Topliss-reactive ketones (excluding diaryl/α,β-unsaturated/α-hetero) is 1. The van der Waals surface area contributed by atoms with Gasteiger partial charge in [0.1, 0.15) is 0 Å². The molecule has 0 aliphatic heterocycles. The first-order valence-electron chi connectivity index (χ1n) is 6.89. The highest BCUT2D eigenvalue weighted by Gasteiger charge is 2.29. The number of allylic oxidation sites excluding steroid dienone is 4. The molecule has 0 aromatic heterocycles. The van der Waals surface area contributed by atoms with Crippen molar-refractivity contribution in [3.8, 4) is 0 Å². The molecular formula is C15H26OSi. The fraction of sp³-hybridized carbons (Fsp3) is 0.667. The first-order valence-corrected chi connectivity index (χ1v) is 10.4. The Bertz CT molecular complexity index is 331.